The van der Waals surface area contributed by atoms with Crippen LogP contribution in [0.4, 0.5) is 0 Å². The van der Waals surface area contributed by atoms with Gasteiger partial charge in [-0.15, -0.1) is 6.58 Å². The van der Waals surface area contributed by atoms with Gasteiger partial charge in [-0.2, -0.15) is 0 Å². The molecule has 1 atom stereocenters. The molecular weight excluding hydrogens is 203 g/mol. The van der Waals surface area contributed by atoms with Gasteiger partial charge in [0.05, 0.1) is 0 Å². The summed E-state index contributed by atoms with van der Waals surface area (Å²) in [5, 5.41) is 0. The maximum absolute atomic E-state index is 11.2. The Hall–Kier alpha value is -0.440. The lowest BCUT2D eigenvalue weighted by Gasteiger charge is -2.09. The van der Waals surface area contributed by atoms with Crippen LogP contribution in [0, 0.1) is 5.92 Å². The molecule has 0 radical (unpaired) electrons. The molecular formula is C9H17O4P. The molecule has 0 rings (SSSR count). The molecule has 0 heterocycles. The Labute approximate surface area is 84.2 Å². The average molecular weight is 220 g/mol. The molecule has 0 spiro atoms. The van der Waals surface area contributed by atoms with E-state index in [4.69, 9.17) is 9.79 Å². The van der Waals surface area contributed by atoms with E-state index in [1.807, 2.05) is 0 Å². The van der Waals surface area contributed by atoms with E-state index >= 15 is 0 Å². The Kier molecular flexibility index (Phi) is 5.93. The van der Waals surface area contributed by atoms with Crippen LogP contribution in [0.3, 0.4) is 0 Å². The summed E-state index contributed by atoms with van der Waals surface area (Å²) < 4.78 is 10.5. The van der Waals surface area contributed by atoms with E-state index in [-0.39, 0.29) is 11.7 Å². The van der Waals surface area contributed by atoms with Gasteiger partial charge in [-0.05, 0) is 19.3 Å². The van der Waals surface area contributed by atoms with Crippen molar-refractivity contribution < 1.29 is 19.1 Å². The SMILES string of the molecule is C=CCCCC(C)C(=O)CP(=O)(O)O. The van der Waals surface area contributed by atoms with Crippen LogP contribution in [0.1, 0.15) is 26.2 Å². The Morgan fingerprint density at radius 3 is 2.57 bits per heavy atom. The molecule has 5 heteroatoms. The first kappa shape index (κ1) is 13.6. The predicted octanol–water partition coefficient (Wildman–Crippen LogP) is 1.73. The molecule has 0 bridgehead atoms. The Morgan fingerprint density at radius 1 is 1.57 bits per heavy atom. The highest BCUT2D eigenvalue weighted by atomic mass is 31.2. The van der Waals surface area contributed by atoms with Crippen LogP contribution >= 0.6 is 7.60 Å². The van der Waals surface area contributed by atoms with E-state index in [2.05, 4.69) is 6.58 Å². The summed E-state index contributed by atoms with van der Waals surface area (Å²) in [6.07, 6.45) is 3.44. The number of unbranched alkanes of at least 4 members (excludes halogenated alkanes) is 1. The summed E-state index contributed by atoms with van der Waals surface area (Å²) in [6.45, 7) is 5.25. The molecule has 2 N–H and O–H groups in total. The van der Waals surface area contributed by atoms with Gasteiger partial charge in [0.15, 0.2) is 0 Å². The zero-order valence-electron chi connectivity index (χ0n) is 8.35. The highest BCUT2D eigenvalue weighted by molar-refractivity contribution is 7.52. The number of ketones is 1. The fraction of sp³-hybridized carbons (Fsp3) is 0.667. The summed E-state index contributed by atoms with van der Waals surface area (Å²) in [4.78, 5) is 28.4. The van der Waals surface area contributed by atoms with Gasteiger partial charge in [-0.25, -0.2) is 0 Å². The normalized spacial score (nSPS) is 13.6. The van der Waals surface area contributed by atoms with Crippen LogP contribution in [0.25, 0.3) is 0 Å². The van der Waals surface area contributed by atoms with Gasteiger partial charge in [0.25, 0.3) is 0 Å². The van der Waals surface area contributed by atoms with Gasteiger partial charge in [0.1, 0.15) is 11.9 Å². The van der Waals surface area contributed by atoms with Crippen molar-refractivity contribution in [2.45, 2.75) is 26.2 Å². The lowest BCUT2D eigenvalue weighted by molar-refractivity contribution is -0.120. The number of allylic oxidation sites excluding steroid dienone is 1. The lowest BCUT2D eigenvalue weighted by atomic mass is 10.0. The minimum absolute atomic E-state index is 0.275. The fourth-order valence-electron chi connectivity index (χ4n) is 1.09. The van der Waals surface area contributed by atoms with E-state index in [0.717, 1.165) is 12.8 Å². The molecule has 0 aromatic rings. The van der Waals surface area contributed by atoms with Crippen LogP contribution in [0.2, 0.25) is 0 Å². The molecule has 4 nitrogen and oxygen atoms in total. The summed E-state index contributed by atoms with van der Waals surface area (Å²) in [6, 6.07) is 0. The van der Waals surface area contributed by atoms with Crippen LogP contribution in [0.15, 0.2) is 12.7 Å². The van der Waals surface area contributed by atoms with Gasteiger partial charge in [-0.1, -0.05) is 13.0 Å². The van der Waals surface area contributed by atoms with Crippen LogP contribution in [0.5, 0.6) is 0 Å². The van der Waals surface area contributed by atoms with E-state index in [1.54, 1.807) is 13.0 Å². The van der Waals surface area contributed by atoms with Crippen LogP contribution in [-0.4, -0.2) is 21.7 Å². The molecule has 82 valence electrons. The maximum Gasteiger partial charge on any atom is 0.332 e. The zero-order valence-corrected chi connectivity index (χ0v) is 9.24. The molecule has 0 aliphatic carbocycles. The van der Waals surface area contributed by atoms with E-state index in [1.165, 1.54) is 0 Å². The quantitative estimate of drug-likeness (QED) is 0.389. The van der Waals surface area contributed by atoms with Gasteiger partial charge in [0, 0.05) is 5.92 Å². The highest BCUT2D eigenvalue weighted by Gasteiger charge is 2.22. The summed E-state index contributed by atoms with van der Waals surface area (Å²) in [7, 11) is -4.18. The molecule has 0 saturated carbocycles. The topological polar surface area (TPSA) is 74.6 Å². The molecule has 14 heavy (non-hydrogen) atoms. The Morgan fingerprint density at radius 2 is 2.14 bits per heavy atom. The van der Waals surface area contributed by atoms with E-state index in [0.29, 0.717) is 6.42 Å². The van der Waals surface area contributed by atoms with Crippen molar-refractivity contribution in [3.05, 3.63) is 12.7 Å². The van der Waals surface area contributed by atoms with Crippen LogP contribution in [-0.2, 0) is 9.36 Å². The fourth-order valence-corrected chi connectivity index (χ4v) is 1.81. The first-order valence-electron chi connectivity index (χ1n) is 4.55. The summed E-state index contributed by atoms with van der Waals surface area (Å²) in [5.74, 6) is -0.634. The van der Waals surface area contributed by atoms with Gasteiger partial charge in [-0.3, -0.25) is 9.36 Å². The monoisotopic (exact) mass is 220 g/mol. The van der Waals surface area contributed by atoms with Crippen molar-refractivity contribution in [2.24, 2.45) is 5.92 Å². The third kappa shape index (κ3) is 7.01. The van der Waals surface area contributed by atoms with Gasteiger partial charge < -0.3 is 9.79 Å². The minimum atomic E-state index is -4.18. The van der Waals surface area contributed by atoms with Gasteiger partial charge >= 0.3 is 7.60 Å². The third-order valence-electron chi connectivity index (χ3n) is 1.96. The highest BCUT2D eigenvalue weighted by Crippen LogP contribution is 2.35. The summed E-state index contributed by atoms with van der Waals surface area (Å²) in [5.41, 5.74) is 0. The second-order valence-electron chi connectivity index (χ2n) is 3.41. The minimum Gasteiger partial charge on any atom is -0.324 e. The van der Waals surface area contributed by atoms with Crippen molar-refractivity contribution in [1.82, 2.24) is 0 Å². The predicted molar refractivity (Wildman–Crippen MR) is 55.1 cm³/mol. The molecule has 0 fully saturated rings. The number of rotatable bonds is 7. The van der Waals surface area contributed by atoms with Crippen molar-refractivity contribution in [3.8, 4) is 0 Å². The number of hydrogen-bond acceptors (Lipinski definition) is 2. The Bertz CT molecular complexity index is 243. The van der Waals surface area contributed by atoms with Crippen molar-refractivity contribution in [1.29, 1.82) is 0 Å². The third-order valence-corrected chi connectivity index (χ3v) is 2.68. The van der Waals surface area contributed by atoms with Crippen LogP contribution < -0.4 is 0 Å². The molecule has 0 aliphatic rings. The van der Waals surface area contributed by atoms with E-state index < -0.39 is 13.8 Å². The standard InChI is InChI=1S/C9H17O4P/c1-3-4-5-6-8(2)9(10)7-14(11,12)13/h3,8H,1,4-7H2,2H3,(H2,11,12,13). The van der Waals surface area contributed by atoms with Crippen molar-refractivity contribution in [3.63, 3.8) is 0 Å². The first-order valence-corrected chi connectivity index (χ1v) is 6.34. The zero-order chi connectivity index (χ0) is 11.2. The first-order chi connectivity index (χ1) is 6.37. The lowest BCUT2D eigenvalue weighted by Crippen LogP contribution is -2.15. The number of carbonyl (C=O) groups is 1. The second-order valence-corrected chi connectivity index (χ2v) is 5.06. The largest absolute Gasteiger partial charge is 0.332 e. The molecule has 0 aromatic heterocycles. The van der Waals surface area contributed by atoms with Crippen molar-refractivity contribution in [2.75, 3.05) is 6.16 Å². The number of carbonyl (C=O) groups excluding carboxylic acids is 1. The number of hydrogen-bond donors (Lipinski definition) is 2. The maximum atomic E-state index is 11.2. The van der Waals surface area contributed by atoms with Gasteiger partial charge in [0.2, 0.25) is 0 Å². The molecule has 0 amide bonds. The Balaban J connectivity index is 3.88. The smallest absolute Gasteiger partial charge is 0.324 e. The average Bonchev–Trinajstić information content (AvgIpc) is 2.01. The summed E-state index contributed by atoms with van der Waals surface area (Å²) >= 11 is 0. The van der Waals surface area contributed by atoms with Crippen molar-refractivity contribution >= 4 is 13.4 Å². The molecule has 1 unspecified atom stereocenters. The van der Waals surface area contributed by atoms with E-state index in [9.17, 15) is 9.36 Å². The molecule has 0 aromatic carbocycles. The second kappa shape index (κ2) is 6.12. The molecule has 0 aliphatic heterocycles. The number of Topliss-reactive ketones (excluding diaryl/α,β-unsaturated/α-hetero) is 1. The molecule has 0 saturated heterocycles.